The Morgan fingerprint density at radius 3 is 2.56 bits per heavy atom. The second-order valence-electron chi connectivity index (χ2n) is 8.92. The second-order valence-corrected chi connectivity index (χ2v) is 8.92. The van der Waals surface area contributed by atoms with Crippen LogP contribution in [0.2, 0.25) is 0 Å². The average molecular weight is 465 g/mol. The number of ether oxygens (including phenoxy) is 1. The number of nitrogens with zero attached hydrogens (tertiary/aromatic N) is 4. The summed E-state index contributed by atoms with van der Waals surface area (Å²) in [6.07, 6.45) is 4.41. The number of rotatable bonds is 10. The Morgan fingerprint density at radius 1 is 1.06 bits per heavy atom. The van der Waals surface area contributed by atoms with E-state index in [9.17, 15) is 10.1 Å². The van der Waals surface area contributed by atoms with E-state index in [1.165, 1.54) is 6.07 Å². The zero-order chi connectivity index (χ0) is 23.9. The maximum atomic E-state index is 11.1. The molecule has 2 aromatic carbocycles. The number of fused-ring (bicyclic) bond motifs is 1. The van der Waals surface area contributed by atoms with Crippen molar-refractivity contribution in [1.82, 2.24) is 15.3 Å². The molecule has 3 aromatic rings. The molecule has 34 heavy (non-hydrogen) atoms. The number of para-hydroxylation sites is 3. The van der Waals surface area contributed by atoms with Crippen LogP contribution in [0.1, 0.15) is 25.7 Å². The minimum atomic E-state index is -0.417. The third-order valence-electron chi connectivity index (χ3n) is 6.22. The van der Waals surface area contributed by atoms with Gasteiger partial charge < -0.3 is 20.3 Å². The molecule has 0 spiro atoms. The maximum absolute atomic E-state index is 11.1. The van der Waals surface area contributed by atoms with Gasteiger partial charge in [0.25, 0.3) is 0 Å². The van der Waals surface area contributed by atoms with Gasteiger partial charge in [0.2, 0.25) is 5.95 Å². The first-order valence-electron chi connectivity index (χ1n) is 11.8. The fourth-order valence-corrected chi connectivity index (χ4v) is 4.43. The van der Waals surface area contributed by atoms with Gasteiger partial charge in [-0.25, -0.2) is 4.98 Å². The van der Waals surface area contributed by atoms with E-state index in [2.05, 4.69) is 16.7 Å². The van der Waals surface area contributed by atoms with Gasteiger partial charge in [0.1, 0.15) is 12.4 Å². The molecule has 1 saturated carbocycles. The van der Waals surface area contributed by atoms with Crippen LogP contribution in [-0.4, -0.2) is 54.7 Å². The number of nitrogens with one attached hydrogen (secondary N) is 2. The zero-order valence-electron chi connectivity index (χ0n) is 19.7. The molecule has 1 aliphatic rings. The molecule has 1 heterocycles. The van der Waals surface area contributed by atoms with E-state index >= 15 is 0 Å². The Bertz CT molecular complexity index is 1110. The minimum absolute atomic E-state index is 0.00131. The Hall–Kier alpha value is -3.46. The highest BCUT2D eigenvalue weighted by molar-refractivity contribution is 5.90. The Kier molecular flexibility index (Phi) is 7.74. The molecule has 0 atom stereocenters. The number of nitro groups is 1. The smallest absolute Gasteiger partial charge is 0.310 e. The molecule has 1 aliphatic carbocycles. The van der Waals surface area contributed by atoms with Gasteiger partial charge in [-0.15, -0.1) is 0 Å². The molecule has 1 aromatic heterocycles. The van der Waals surface area contributed by atoms with Crippen LogP contribution >= 0.6 is 0 Å². The molecule has 4 rings (SSSR count). The summed E-state index contributed by atoms with van der Waals surface area (Å²) in [6.45, 7) is 1.97. The third kappa shape index (κ3) is 5.91. The highest BCUT2D eigenvalue weighted by Crippen LogP contribution is 2.28. The molecule has 9 heteroatoms. The van der Waals surface area contributed by atoms with E-state index in [0.29, 0.717) is 36.8 Å². The molecular weight excluding hydrogens is 432 g/mol. The third-order valence-corrected chi connectivity index (χ3v) is 6.22. The summed E-state index contributed by atoms with van der Waals surface area (Å²) in [5.41, 5.74) is 0.950. The lowest BCUT2D eigenvalue weighted by atomic mass is 9.86. The highest BCUT2D eigenvalue weighted by atomic mass is 16.6. The van der Waals surface area contributed by atoms with Crippen LogP contribution in [0.5, 0.6) is 5.75 Å². The molecular formula is C25H32N6O3. The van der Waals surface area contributed by atoms with E-state index in [1.54, 1.807) is 18.2 Å². The number of benzene rings is 2. The number of anilines is 2. The second kappa shape index (κ2) is 11.1. The number of aromatic nitrogens is 2. The van der Waals surface area contributed by atoms with E-state index in [4.69, 9.17) is 14.7 Å². The summed E-state index contributed by atoms with van der Waals surface area (Å²) in [7, 11) is 4.01. The highest BCUT2D eigenvalue weighted by Gasteiger charge is 2.22. The quantitative estimate of drug-likeness (QED) is 0.261. The predicted molar refractivity (Wildman–Crippen MR) is 135 cm³/mol. The lowest BCUT2D eigenvalue weighted by molar-refractivity contribution is -0.385. The van der Waals surface area contributed by atoms with E-state index in [1.807, 2.05) is 37.2 Å². The Labute approximate surface area is 199 Å². The first-order valence-corrected chi connectivity index (χ1v) is 11.8. The van der Waals surface area contributed by atoms with Crippen LogP contribution in [0.25, 0.3) is 10.9 Å². The summed E-state index contributed by atoms with van der Waals surface area (Å²) in [4.78, 5) is 22.2. The van der Waals surface area contributed by atoms with Crippen LogP contribution < -0.4 is 20.3 Å². The van der Waals surface area contributed by atoms with Gasteiger partial charge in [0, 0.05) is 38.1 Å². The van der Waals surface area contributed by atoms with Crippen molar-refractivity contribution < 1.29 is 9.66 Å². The summed E-state index contributed by atoms with van der Waals surface area (Å²) >= 11 is 0. The first kappa shape index (κ1) is 23.7. The molecule has 0 unspecified atom stereocenters. The zero-order valence-corrected chi connectivity index (χ0v) is 19.7. The van der Waals surface area contributed by atoms with Crippen molar-refractivity contribution in [3.63, 3.8) is 0 Å². The number of hydrogen-bond acceptors (Lipinski definition) is 8. The van der Waals surface area contributed by atoms with Crippen LogP contribution in [0.15, 0.2) is 48.5 Å². The fraction of sp³-hybridized carbons (Fsp3) is 0.440. The molecule has 1 fully saturated rings. The molecule has 0 amide bonds. The largest absolute Gasteiger partial charge is 0.485 e. The summed E-state index contributed by atoms with van der Waals surface area (Å²) in [5.74, 6) is 2.54. The number of hydrogen-bond donors (Lipinski definition) is 2. The van der Waals surface area contributed by atoms with Crippen LogP contribution in [0, 0.1) is 16.0 Å². The van der Waals surface area contributed by atoms with Crippen molar-refractivity contribution in [3.05, 3.63) is 58.6 Å². The van der Waals surface area contributed by atoms with E-state index in [0.717, 1.165) is 48.9 Å². The van der Waals surface area contributed by atoms with Crippen molar-refractivity contribution in [2.24, 2.45) is 5.92 Å². The topological polar surface area (TPSA) is 105 Å². The van der Waals surface area contributed by atoms with Gasteiger partial charge in [0.05, 0.1) is 10.4 Å². The van der Waals surface area contributed by atoms with Crippen molar-refractivity contribution in [3.8, 4) is 5.75 Å². The molecule has 180 valence electrons. The average Bonchev–Trinajstić information content (AvgIpc) is 2.84. The van der Waals surface area contributed by atoms with E-state index < -0.39 is 4.92 Å². The SMILES string of the molecule is CN(C)c1nc(NC2CCC(CNCCOc3ccccc3[N+](=O)[O-])CC2)nc2ccccc12. The fourth-order valence-electron chi connectivity index (χ4n) is 4.43. The molecule has 0 aliphatic heterocycles. The van der Waals surface area contributed by atoms with Crippen molar-refractivity contribution in [2.45, 2.75) is 31.7 Å². The lowest BCUT2D eigenvalue weighted by Gasteiger charge is -2.29. The minimum Gasteiger partial charge on any atom is -0.485 e. The summed E-state index contributed by atoms with van der Waals surface area (Å²) < 4.78 is 5.60. The van der Waals surface area contributed by atoms with Gasteiger partial charge in [-0.3, -0.25) is 10.1 Å². The normalized spacial score (nSPS) is 17.9. The number of nitro benzene ring substituents is 1. The monoisotopic (exact) mass is 464 g/mol. The van der Waals surface area contributed by atoms with Crippen molar-refractivity contribution >= 4 is 28.4 Å². The molecule has 0 saturated heterocycles. The maximum Gasteiger partial charge on any atom is 0.310 e. The predicted octanol–water partition coefficient (Wildman–Crippen LogP) is 4.24. The van der Waals surface area contributed by atoms with Gasteiger partial charge in [0.15, 0.2) is 5.75 Å². The summed E-state index contributed by atoms with van der Waals surface area (Å²) in [5, 5.41) is 19.1. The molecule has 0 bridgehead atoms. The van der Waals surface area contributed by atoms with Crippen molar-refractivity contribution in [2.75, 3.05) is 44.0 Å². The van der Waals surface area contributed by atoms with Gasteiger partial charge in [-0.1, -0.05) is 24.3 Å². The summed E-state index contributed by atoms with van der Waals surface area (Å²) in [6, 6.07) is 14.9. The standard InChI is InChI=1S/C25H32N6O3/c1-30(2)24-20-7-3-4-8-21(20)28-25(29-24)27-19-13-11-18(12-14-19)17-26-15-16-34-23-10-6-5-9-22(23)31(32)33/h3-10,18-19,26H,11-17H2,1-2H3,(H,27,28,29). The Morgan fingerprint density at radius 2 is 1.79 bits per heavy atom. The van der Waals surface area contributed by atoms with Crippen LogP contribution in [0.3, 0.4) is 0 Å². The van der Waals surface area contributed by atoms with E-state index in [-0.39, 0.29) is 5.69 Å². The van der Waals surface area contributed by atoms with Gasteiger partial charge >= 0.3 is 5.69 Å². The van der Waals surface area contributed by atoms with Gasteiger partial charge in [-0.05, 0) is 56.3 Å². The molecule has 0 radical (unpaired) electrons. The van der Waals surface area contributed by atoms with Crippen molar-refractivity contribution in [1.29, 1.82) is 0 Å². The first-order chi connectivity index (χ1) is 16.5. The van der Waals surface area contributed by atoms with Crippen LogP contribution in [-0.2, 0) is 0 Å². The molecule has 9 nitrogen and oxygen atoms in total. The Balaban J connectivity index is 1.20. The molecule has 2 N–H and O–H groups in total. The lowest BCUT2D eigenvalue weighted by Crippen LogP contribution is -2.33. The van der Waals surface area contributed by atoms with Gasteiger partial charge in [-0.2, -0.15) is 4.98 Å². The van der Waals surface area contributed by atoms with Crippen LogP contribution in [0.4, 0.5) is 17.5 Å².